The first kappa shape index (κ1) is 17.1. The molecule has 0 amide bonds. The molecule has 1 heteroatoms. The van der Waals surface area contributed by atoms with Crippen molar-refractivity contribution < 1.29 is 4.74 Å². The largest absolute Gasteiger partial charge is 0.489 e. The molecule has 0 radical (unpaired) electrons. The van der Waals surface area contributed by atoms with Crippen molar-refractivity contribution in [3.8, 4) is 5.75 Å². The summed E-state index contributed by atoms with van der Waals surface area (Å²) in [6.45, 7) is 5.21. The lowest BCUT2D eigenvalue weighted by atomic mass is 9.68. The molecule has 27 heavy (non-hydrogen) atoms. The lowest BCUT2D eigenvalue weighted by Gasteiger charge is -2.37. The van der Waals surface area contributed by atoms with Gasteiger partial charge in [0.25, 0.3) is 0 Å². The monoisotopic (exact) mass is 358 g/mol. The van der Waals surface area contributed by atoms with Crippen LogP contribution in [-0.2, 0) is 6.61 Å². The number of ether oxygens (including phenoxy) is 1. The van der Waals surface area contributed by atoms with Crippen molar-refractivity contribution in [1.29, 1.82) is 0 Å². The summed E-state index contributed by atoms with van der Waals surface area (Å²) >= 11 is 0. The van der Waals surface area contributed by atoms with Gasteiger partial charge in [-0.25, -0.2) is 0 Å². The van der Waals surface area contributed by atoms with Crippen molar-refractivity contribution in [1.82, 2.24) is 0 Å². The van der Waals surface area contributed by atoms with Gasteiger partial charge in [0, 0.05) is 0 Å². The Labute approximate surface area is 163 Å². The summed E-state index contributed by atoms with van der Waals surface area (Å²) in [4.78, 5) is 0. The number of benzene rings is 2. The third-order valence-electron chi connectivity index (χ3n) is 7.33. The number of hydrogen-bond acceptors (Lipinski definition) is 1. The fraction of sp³-hybridized carbons (Fsp3) is 0.462. The van der Waals surface area contributed by atoms with Crippen LogP contribution < -0.4 is 4.74 Å². The minimum Gasteiger partial charge on any atom is -0.489 e. The van der Waals surface area contributed by atoms with Gasteiger partial charge in [-0.05, 0) is 105 Å². The zero-order valence-corrected chi connectivity index (χ0v) is 16.6. The predicted molar refractivity (Wildman–Crippen MR) is 111 cm³/mol. The van der Waals surface area contributed by atoms with E-state index in [1.807, 2.05) is 17.2 Å². The van der Waals surface area contributed by atoms with E-state index < -0.39 is 0 Å². The Morgan fingerprint density at radius 2 is 1.67 bits per heavy atom. The zero-order valence-electron chi connectivity index (χ0n) is 16.6. The molecule has 0 spiro atoms. The third-order valence-corrected chi connectivity index (χ3v) is 7.33. The Morgan fingerprint density at radius 1 is 0.963 bits per heavy atom. The normalized spacial score (nSPS) is 26.4. The highest BCUT2D eigenvalue weighted by molar-refractivity contribution is 5.46. The minimum absolute atomic E-state index is 0.641. The van der Waals surface area contributed by atoms with Crippen molar-refractivity contribution in [3.63, 3.8) is 0 Å². The average Bonchev–Trinajstić information content (AvgIpc) is 3.14. The van der Waals surface area contributed by atoms with Crippen LogP contribution in [0.2, 0.25) is 0 Å². The van der Waals surface area contributed by atoms with E-state index in [1.54, 1.807) is 5.56 Å². The molecule has 2 atom stereocenters. The average molecular weight is 359 g/mol. The second kappa shape index (κ2) is 6.86. The van der Waals surface area contributed by atoms with Gasteiger partial charge in [-0.15, -0.1) is 0 Å². The third kappa shape index (κ3) is 3.12. The summed E-state index contributed by atoms with van der Waals surface area (Å²) in [6.07, 6.45) is 8.42. The highest BCUT2D eigenvalue weighted by atomic mass is 16.5. The van der Waals surface area contributed by atoms with Crippen LogP contribution in [0.3, 0.4) is 0 Å². The maximum absolute atomic E-state index is 6.10. The second-order valence-electron chi connectivity index (χ2n) is 8.95. The van der Waals surface area contributed by atoms with E-state index in [2.05, 4.69) is 50.2 Å². The highest BCUT2D eigenvalue weighted by Crippen LogP contribution is 2.56. The summed E-state index contributed by atoms with van der Waals surface area (Å²) in [7, 11) is 0. The van der Waals surface area contributed by atoms with Crippen LogP contribution in [0.4, 0.5) is 0 Å². The van der Waals surface area contributed by atoms with E-state index in [0.29, 0.717) is 6.61 Å². The molecular formula is C26H30O. The van der Waals surface area contributed by atoms with Crippen LogP contribution in [0.1, 0.15) is 66.7 Å². The summed E-state index contributed by atoms with van der Waals surface area (Å²) in [6, 6.07) is 15.0. The fourth-order valence-electron chi connectivity index (χ4n) is 6.17. The number of fused-ring (bicyclic) bond motifs is 2. The molecule has 4 aliphatic carbocycles. The molecular weight excluding hydrogens is 328 g/mol. The summed E-state index contributed by atoms with van der Waals surface area (Å²) in [5.41, 5.74) is 9.36. The van der Waals surface area contributed by atoms with Gasteiger partial charge in [0.05, 0.1) is 0 Å². The van der Waals surface area contributed by atoms with Crippen LogP contribution in [0.25, 0.3) is 0 Å². The Morgan fingerprint density at radius 3 is 2.33 bits per heavy atom. The Bertz CT molecular complexity index is 843. The predicted octanol–water partition coefficient (Wildman–Crippen LogP) is 6.88. The van der Waals surface area contributed by atoms with Crippen LogP contribution in [0.5, 0.6) is 5.75 Å². The first-order valence-corrected chi connectivity index (χ1v) is 10.7. The first-order valence-electron chi connectivity index (χ1n) is 10.7. The van der Waals surface area contributed by atoms with Gasteiger partial charge in [-0.2, -0.15) is 0 Å². The van der Waals surface area contributed by atoms with Crippen LogP contribution in [0, 0.1) is 25.7 Å². The number of rotatable bonds is 4. The van der Waals surface area contributed by atoms with Gasteiger partial charge in [0.2, 0.25) is 0 Å². The molecule has 2 unspecified atom stereocenters. The van der Waals surface area contributed by atoms with E-state index in [4.69, 9.17) is 4.74 Å². The van der Waals surface area contributed by atoms with E-state index in [9.17, 15) is 0 Å². The molecule has 0 saturated heterocycles. The van der Waals surface area contributed by atoms with Gasteiger partial charge < -0.3 is 4.74 Å². The molecule has 6 rings (SSSR count). The molecule has 2 bridgehead atoms. The van der Waals surface area contributed by atoms with E-state index in [-0.39, 0.29) is 0 Å². The Kier molecular flexibility index (Phi) is 4.34. The smallest absolute Gasteiger partial charge is 0.120 e. The van der Waals surface area contributed by atoms with Crippen LogP contribution >= 0.6 is 0 Å². The quantitative estimate of drug-likeness (QED) is 0.541. The van der Waals surface area contributed by atoms with Crippen molar-refractivity contribution >= 4 is 0 Å². The fourth-order valence-corrected chi connectivity index (χ4v) is 6.17. The standard InChI is InChI=1S/C26H30O/c1-17-12-23(27-16-19-6-4-3-5-7-19)13-18(2)26(17)22-14-24-20-8-9-21(11-10-20)25(24)15-22/h3-7,12-13,20,22,24H,8-11,14-16H2,1-2H3. The van der Waals surface area contributed by atoms with Gasteiger partial charge in [0.1, 0.15) is 12.4 Å². The topological polar surface area (TPSA) is 9.23 Å². The van der Waals surface area contributed by atoms with Gasteiger partial charge in [0.15, 0.2) is 0 Å². The van der Waals surface area contributed by atoms with Gasteiger partial charge in [-0.3, -0.25) is 0 Å². The van der Waals surface area contributed by atoms with Crippen molar-refractivity contribution in [3.05, 3.63) is 75.9 Å². The zero-order chi connectivity index (χ0) is 18.4. The number of aryl methyl sites for hydroxylation is 2. The molecule has 0 N–H and O–H groups in total. The summed E-state index contributed by atoms with van der Waals surface area (Å²) in [5, 5.41) is 0. The number of allylic oxidation sites excluding steroid dienone is 2. The maximum atomic E-state index is 6.10. The minimum atomic E-state index is 0.641. The van der Waals surface area contributed by atoms with Crippen molar-refractivity contribution in [2.24, 2.45) is 11.8 Å². The molecule has 2 fully saturated rings. The van der Waals surface area contributed by atoms with Gasteiger partial charge in [-0.1, -0.05) is 41.5 Å². The molecule has 0 aliphatic heterocycles. The second-order valence-corrected chi connectivity index (χ2v) is 8.95. The first-order chi connectivity index (χ1) is 13.2. The lowest BCUT2D eigenvalue weighted by molar-refractivity contribution is 0.276. The van der Waals surface area contributed by atoms with E-state index in [0.717, 1.165) is 23.5 Å². The highest BCUT2D eigenvalue weighted by Gasteiger charge is 2.42. The maximum Gasteiger partial charge on any atom is 0.120 e. The molecule has 2 saturated carbocycles. The molecule has 0 aromatic heterocycles. The Hall–Kier alpha value is -2.02. The van der Waals surface area contributed by atoms with Crippen LogP contribution in [-0.4, -0.2) is 0 Å². The molecule has 1 nitrogen and oxygen atoms in total. The molecule has 2 aromatic rings. The van der Waals surface area contributed by atoms with Crippen molar-refractivity contribution in [2.45, 2.75) is 64.9 Å². The van der Waals surface area contributed by atoms with Gasteiger partial charge >= 0.3 is 0 Å². The van der Waals surface area contributed by atoms with E-state index >= 15 is 0 Å². The molecule has 4 aliphatic rings. The van der Waals surface area contributed by atoms with E-state index in [1.165, 1.54) is 55.2 Å². The summed E-state index contributed by atoms with van der Waals surface area (Å²) < 4.78 is 6.10. The summed E-state index contributed by atoms with van der Waals surface area (Å²) in [5.74, 6) is 3.62. The molecule has 140 valence electrons. The molecule has 0 heterocycles. The number of hydrogen-bond donors (Lipinski definition) is 0. The molecule has 2 aromatic carbocycles. The Balaban J connectivity index is 1.36. The lowest BCUT2D eigenvalue weighted by Crippen LogP contribution is -2.24. The SMILES string of the molecule is Cc1cc(OCc2ccccc2)cc(C)c1C1CC2=C3CCC(CC3)C2C1. The van der Waals surface area contributed by atoms with Crippen LogP contribution in [0.15, 0.2) is 53.6 Å². The van der Waals surface area contributed by atoms with Crippen molar-refractivity contribution in [2.75, 3.05) is 0 Å².